The van der Waals surface area contributed by atoms with Gasteiger partial charge in [0.1, 0.15) is 5.76 Å². The fourth-order valence-corrected chi connectivity index (χ4v) is 2.21. The molecule has 0 saturated heterocycles. The molecule has 3 amide bonds. The van der Waals surface area contributed by atoms with E-state index in [2.05, 4.69) is 26.4 Å². The highest BCUT2D eigenvalue weighted by molar-refractivity contribution is 6.05. The summed E-state index contributed by atoms with van der Waals surface area (Å²) in [5.41, 5.74) is 4.10. The van der Waals surface area contributed by atoms with Crippen LogP contribution in [0, 0.1) is 6.92 Å². The maximum atomic E-state index is 12.3. The number of hydrogen-bond acceptors (Lipinski definition) is 6. The Hall–Kier alpha value is -3.69. The Balaban J connectivity index is 1.75. The number of anilines is 1. The lowest BCUT2D eigenvalue weighted by molar-refractivity contribution is 0.0932. The minimum absolute atomic E-state index is 0.00952. The number of nitrogens with zero attached hydrogens (tertiary/aromatic N) is 3. The molecule has 0 saturated carbocycles. The number of rotatable bonds is 2. The molecule has 0 atom stereocenters. The van der Waals surface area contributed by atoms with Crippen molar-refractivity contribution in [2.45, 2.75) is 6.92 Å². The van der Waals surface area contributed by atoms with E-state index >= 15 is 0 Å². The molecule has 2 aromatic heterocycles. The summed E-state index contributed by atoms with van der Waals surface area (Å²) in [5.74, 6) is 0.0634. The fourth-order valence-electron chi connectivity index (χ4n) is 2.21. The predicted octanol–water partition coefficient (Wildman–Crippen LogP) is 0.696. The molecular formula is C15H14N6O4. The molecule has 10 heteroatoms. The van der Waals surface area contributed by atoms with Crippen LogP contribution in [0.25, 0.3) is 10.8 Å². The first-order valence-electron chi connectivity index (χ1n) is 7.22. The number of carbonyl (C=O) groups excluding carboxylic acids is 2. The van der Waals surface area contributed by atoms with Crippen molar-refractivity contribution < 1.29 is 14.1 Å². The first-order chi connectivity index (χ1) is 12.0. The summed E-state index contributed by atoms with van der Waals surface area (Å²) in [7, 11) is 1.44. The molecule has 0 aliphatic carbocycles. The summed E-state index contributed by atoms with van der Waals surface area (Å²) < 4.78 is 5.88. The van der Waals surface area contributed by atoms with Crippen molar-refractivity contribution in [1.29, 1.82) is 0 Å². The van der Waals surface area contributed by atoms with E-state index in [0.717, 1.165) is 4.68 Å². The van der Waals surface area contributed by atoms with Crippen LogP contribution < -0.4 is 21.7 Å². The molecule has 2 heterocycles. The van der Waals surface area contributed by atoms with Crippen molar-refractivity contribution in [3.05, 3.63) is 52.1 Å². The first-order valence-corrected chi connectivity index (χ1v) is 7.22. The lowest BCUT2D eigenvalue weighted by atomic mass is 10.1. The van der Waals surface area contributed by atoms with Crippen LogP contribution in [0.15, 0.2) is 39.6 Å². The molecule has 0 unspecified atom stereocenters. The van der Waals surface area contributed by atoms with E-state index < -0.39 is 11.9 Å². The second-order valence-electron chi connectivity index (χ2n) is 5.18. The smallest absolute Gasteiger partial charge is 0.339 e. The number of benzene rings is 1. The van der Waals surface area contributed by atoms with Gasteiger partial charge < -0.3 is 4.52 Å². The maximum Gasteiger partial charge on any atom is 0.339 e. The van der Waals surface area contributed by atoms with Crippen molar-refractivity contribution in [3.8, 4) is 0 Å². The number of amides is 3. The SMILES string of the molecule is Cc1cc(NC(=O)NNC(=O)c2nn(C)c(=O)c3ccccc23)no1. The highest BCUT2D eigenvalue weighted by atomic mass is 16.5. The summed E-state index contributed by atoms with van der Waals surface area (Å²) in [4.78, 5) is 36.1. The average molecular weight is 342 g/mol. The summed E-state index contributed by atoms with van der Waals surface area (Å²) in [6, 6.07) is 7.39. The third-order valence-corrected chi connectivity index (χ3v) is 3.33. The van der Waals surface area contributed by atoms with Crippen molar-refractivity contribution in [2.75, 3.05) is 5.32 Å². The molecular weight excluding hydrogens is 328 g/mol. The second-order valence-corrected chi connectivity index (χ2v) is 5.18. The highest BCUT2D eigenvalue weighted by Gasteiger charge is 2.16. The van der Waals surface area contributed by atoms with Gasteiger partial charge in [0.25, 0.3) is 11.5 Å². The number of carbonyl (C=O) groups is 2. The summed E-state index contributed by atoms with van der Waals surface area (Å²) >= 11 is 0. The third kappa shape index (κ3) is 3.32. The fraction of sp³-hybridized carbons (Fsp3) is 0.133. The Morgan fingerprint density at radius 1 is 1.16 bits per heavy atom. The molecule has 0 aliphatic heterocycles. The largest absolute Gasteiger partial charge is 0.360 e. The zero-order valence-corrected chi connectivity index (χ0v) is 13.4. The normalized spacial score (nSPS) is 10.5. The van der Waals surface area contributed by atoms with Crippen molar-refractivity contribution in [2.24, 2.45) is 7.05 Å². The van der Waals surface area contributed by atoms with Crippen LogP contribution in [0.5, 0.6) is 0 Å². The molecule has 0 bridgehead atoms. The Morgan fingerprint density at radius 3 is 2.56 bits per heavy atom. The van der Waals surface area contributed by atoms with Crippen LogP contribution in [-0.4, -0.2) is 26.9 Å². The van der Waals surface area contributed by atoms with Gasteiger partial charge in [-0.2, -0.15) is 5.10 Å². The third-order valence-electron chi connectivity index (χ3n) is 3.33. The standard InChI is InChI=1S/C15H14N6O4/c1-8-7-11(20-25-8)16-15(24)18-17-13(22)12-9-5-3-4-6-10(9)14(23)21(2)19-12/h3-7H,1-2H3,(H,17,22)(H2,16,18,20,24). The molecule has 0 spiro atoms. The van der Waals surface area contributed by atoms with Crippen molar-refractivity contribution >= 4 is 28.5 Å². The topological polar surface area (TPSA) is 131 Å². The minimum atomic E-state index is -0.712. The average Bonchev–Trinajstić information content (AvgIpc) is 3.00. The number of hydrazine groups is 1. The van der Waals surface area contributed by atoms with Gasteiger partial charge in [-0.3, -0.25) is 20.3 Å². The van der Waals surface area contributed by atoms with Gasteiger partial charge in [-0.05, 0) is 13.0 Å². The zero-order valence-electron chi connectivity index (χ0n) is 13.4. The van der Waals surface area contributed by atoms with Gasteiger partial charge in [-0.25, -0.2) is 14.9 Å². The number of aromatic nitrogens is 3. The second kappa shape index (κ2) is 6.43. The number of hydrogen-bond donors (Lipinski definition) is 3. The Morgan fingerprint density at radius 2 is 1.88 bits per heavy atom. The highest BCUT2D eigenvalue weighted by Crippen LogP contribution is 2.12. The van der Waals surface area contributed by atoms with Crippen LogP contribution in [0.2, 0.25) is 0 Å². The monoisotopic (exact) mass is 342 g/mol. The van der Waals surface area contributed by atoms with E-state index in [0.29, 0.717) is 16.5 Å². The van der Waals surface area contributed by atoms with Gasteiger partial charge in [0.2, 0.25) is 0 Å². The molecule has 3 rings (SSSR count). The van der Waals surface area contributed by atoms with E-state index in [4.69, 9.17) is 4.52 Å². The van der Waals surface area contributed by atoms with Crippen LogP contribution >= 0.6 is 0 Å². The first kappa shape index (κ1) is 16.2. The summed E-state index contributed by atoms with van der Waals surface area (Å²) in [5, 5.41) is 10.7. The van der Waals surface area contributed by atoms with Crippen molar-refractivity contribution in [1.82, 2.24) is 25.8 Å². The molecule has 3 N–H and O–H groups in total. The number of fused-ring (bicyclic) bond motifs is 1. The molecule has 10 nitrogen and oxygen atoms in total. The quantitative estimate of drug-likeness (QED) is 0.587. The van der Waals surface area contributed by atoms with E-state index in [9.17, 15) is 14.4 Å². The van der Waals surface area contributed by atoms with E-state index in [1.54, 1.807) is 31.2 Å². The van der Waals surface area contributed by atoms with Gasteiger partial charge in [-0.15, -0.1) is 0 Å². The van der Waals surface area contributed by atoms with E-state index in [1.807, 2.05) is 0 Å². The van der Waals surface area contributed by atoms with Crippen LogP contribution in [-0.2, 0) is 7.05 Å². The minimum Gasteiger partial charge on any atom is -0.360 e. The van der Waals surface area contributed by atoms with Crippen LogP contribution in [0.3, 0.4) is 0 Å². The molecule has 0 fully saturated rings. The van der Waals surface area contributed by atoms with Gasteiger partial charge in [0.15, 0.2) is 11.5 Å². The summed E-state index contributed by atoms with van der Waals surface area (Å²) in [6.45, 7) is 1.67. The molecule has 25 heavy (non-hydrogen) atoms. The maximum absolute atomic E-state index is 12.3. The lowest BCUT2D eigenvalue weighted by Gasteiger charge is -2.09. The Kier molecular flexibility index (Phi) is 4.16. The van der Waals surface area contributed by atoms with Gasteiger partial charge in [-0.1, -0.05) is 23.4 Å². The molecule has 3 aromatic rings. The number of aryl methyl sites for hydroxylation is 2. The van der Waals surface area contributed by atoms with Crippen molar-refractivity contribution in [3.63, 3.8) is 0 Å². The Labute approximate surface area is 140 Å². The van der Waals surface area contributed by atoms with Crippen LogP contribution in [0.1, 0.15) is 16.2 Å². The Bertz CT molecular complexity index is 1020. The van der Waals surface area contributed by atoms with E-state index in [1.165, 1.54) is 13.1 Å². The molecule has 128 valence electrons. The van der Waals surface area contributed by atoms with Gasteiger partial charge in [0.05, 0.1) is 5.39 Å². The molecule has 1 aromatic carbocycles. The predicted molar refractivity (Wildman–Crippen MR) is 87.8 cm³/mol. The molecule has 0 radical (unpaired) electrons. The number of urea groups is 1. The van der Waals surface area contributed by atoms with Gasteiger partial charge in [0, 0.05) is 18.5 Å². The zero-order chi connectivity index (χ0) is 18.0. The molecule has 0 aliphatic rings. The van der Waals surface area contributed by atoms with Crippen LogP contribution in [0.4, 0.5) is 10.6 Å². The summed E-state index contributed by atoms with van der Waals surface area (Å²) in [6.07, 6.45) is 0. The van der Waals surface area contributed by atoms with Gasteiger partial charge >= 0.3 is 6.03 Å². The lowest BCUT2D eigenvalue weighted by Crippen LogP contribution is -2.44. The van der Waals surface area contributed by atoms with E-state index in [-0.39, 0.29) is 17.1 Å². The number of nitrogens with one attached hydrogen (secondary N) is 3.